The molecule has 0 radical (unpaired) electrons. The fourth-order valence-corrected chi connectivity index (χ4v) is 3.53. The third kappa shape index (κ3) is 2.32. The molecule has 1 aliphatic heterocycles. The maximum Gasteiger partial charge on any atom is 0.233 e. The normalized spacial score (nSPS) is 32.1. The van der Waals surface area contributed by atoms with Gasteiger partial charge in [-0.1, -0.05) is 18.2 Å². The third-order valence-corrected chi connectivity index (χ3v) is 4.19. The second kappa shape index (κ2) is 4.53. The molecule has 102 valence electrons. The Hall–Kier alpha value is -1.55. The number of carbonyl (C=O) groups excluding carboxylic acids is 1. The maximum atomic E-state index is 11.5. The van der Waals surface area contributed by atoms with Crippen LogP contribution < -0.4 is 15.8 Å². The van der Waals surface area contributed by atoms with Gasteiger partial charge >= 0.3 is 0 Å². The van der Waals surface area contributed by atoms with Crippen LogP contribution >= 0.6 is 0 Å². The molecule has 0 saturated heterocycles. The molecule has 0 aromatic heterocycles. The van der Waals surface area contributed by atoms with Gasteiger partial charge in [0.1, 0.15) is 11.4 Å². The maximum absolute atomic E-state index is 11.5. The average Bonchev–Trinajstić information content (AvgIpc) is 2.37. The number of nitrogens with one attached hydrogen (secondary N) is 1. The number of benzene rings is 1. The van der Waals surface area contributed by atoms with E-state index in [1.807, 2.05) is 18.2 Å². The van der Waals surface area contributed by atoms with Gasteiger partial charge in [-0.25, -0.2) is 0 Å². The molecule has 1 aromatic carbocycles. The Kier molecular flexibility index (Phi) is 2.97. The summed E-state index contributed by atoms with van der Waals surface area (Å²) in [5.74, 6) is 1.39. The molecule has 1 saturated carbocycles. The van der Waals surface area contributed by atoms with Gasteiger partial charge in [0, 0.05) is 12.5 Å². The molecule has 1 fully saturated rings. The predicted octanol–water partition coefficient (Wildman–Crippen LogP) is 1.55. The second-order valence-corrected chi connectivity index (χ2v) is 5.90. The fourth-order valence-electron chi connectivity index (χ4n) is 3.53. The monoisotopic (exact) mass is 260 g/mol. The number of ether oxygens (including phenoxy) is 1. The third-order valence-electron chi connectivity index (χ3n) is 4.19. The van der Waals surface area contributed by atoms with Crippen molar-refractivity contribution in [3.63, 3.8) is 0 Å². The number of nitrogens with two attached hydrogens (primary N) is 1. The fraction of sp³-hybridized carbons (Fsp3) is 0.533. The number of para-hydroxylation sites is 1. The molecule has 3 unspecified atom stereocenters. The highest BCUT2D eigenvalue weighted by Crippen LogP contribution is 2.48. The van der Waals surface area contributed by atoms with Gasteiger partial charge in [0.25, 0.3) is 0 Å². The Bertz CT molecular complexity index is 503. The van der Waals surface area contributed by atoms with E-state index in [-0.39, 0.29) is 24.1 Å². The molecular weight excluding hydrogens is 240 g/mol. The predicted molar refractivity (Wildman–Crippen MR) is 73.1 cm³/mol. The summed E-state index contributed by atoms with van der Waals surface area (Å²) in [5, 5.41) is 3.01. The van der Waals surface area contributed by atoms with Crippen LogP contribution in [0.2, 0.25) is 0 Å². The van der Waals surface area contributed by atoms with Crippen LogP contribution in [0.1, 0.15) is 37.7 Å². The van der Waals surface area contributed by atoms with Crippen LogP contribution in [0.25, 0.3) is 0 Å². The van der Waals surface area contributed by atoms with Crippen LogP contribution in [-0.4, -0.2) is 24.1 Å². The molecule has 3 rings (SSSR count). The standard InChI is InChI=1S/C15H20N2O2/c1-15-7-10(6-11(8-15)17-14(18)9-16)12-4-2-3-5-13(12)19-15/h2-5,10-11H,6-9,16H2,1H3,(H,17,18). The van der Waals surface area contributed by atoms with E-state index in [1.165, 1.54) is 5.56 Å². The van der Waals surface area contributed by atoms with E-state index in [9.17, 15) is 4.79 Å². The Labute approximate surface area is 113 Å². The zero-order valence-corrected chi connectivity index (χ0v) is 11.2. The Morgan fingerprint density at radius 3 is 3.05 bits per heavy atom. The highest BCUT2D eigenvalue weighted by molar-refractivity contribution is 5.78. The van der Waals surface area contributed by atoms with Crippen LogP contribution in [0.15, 0.2) is 24.3 Å². The summed E-state index contributed by atoms with van der Waals surface area (Å²) in [6, 6.07) is 8.39. The summed E-state index contributed by atoms with van der Waals surface area (Å²) < 4.78 is 6.15. The number of hydrogen-bond acceptors (Lipinski definition) is 3. The number of rotatable bonds is 2. The first-order valence-corrected chi connectivity index (χ1v) is 6.87. The van der Waals surface area contributed by atoms with Crippen LogP contribution in [0.3, 0.4) is 0 Å². The first-order chi connectivity index (χ1) is 9.09. The summed E-state index contributed by atoms with van der Waals surface area (Å²) in [4.78, 5) is 11.5. The number of amides is 1. The zero-order chi connectivity index (χ0) is 13.5. The highest BCUT2D eigenvalue weighted by Gasteiger charge is 2.44. The lowest BCUT2D eigenvalue weighted by atomic mass is 9.71. The molecule has 1 aromatic rings. The van der Waals surface area contributed by atoms with Crippen molar-refractivity contribution in [2.24, 2.45) is 5.73 Å². The highest BCUT2D eigenvalue weighted by atomic mass is 16.5. The lowest BCUT2D eigenvalue weighted by molar-refractivity contribution is -0.121. The van der Waals surface area contributed by atoms with Crippen LogP contribution in [-0.2, 0) is 4.79 Å². The van der Waals surface area contributed by atoms with E-state index >= 15 is 0 Å². The molecule has 2 bridgehead atoms. The van der Waals surface area contributed by atoms with Crippen molar-refractivity contribution in [1.82, 2.24) is 5.32 Å². The van der Waals surface area contributed by atoms with Crippen molar-refractivity contribution in [1.29, 1.82) is 0 Å². The number of fused-ring (bicyclic) bond motifs is 4. The van der Waals surface area contributed by atoms with Crippen molar-refractivity contribution in [3.05, 3.63) is 29.8 Å². The topological polar surface area (TPSA) is 64.4 Å². The number of hydrogen-bond donors (Lipinski definition) is 2. The van der Waals surface area contributed by atoms with Crippen molar-refractivity contribution in [3.8, 4) is 5.75 Å². The van der Waals surface area contributed by atoms with Crippen LogP contribution in [0.4, 0.5) is 0 Å². The van der Waals surface area contributed by atoms with E-state index < -0.39 is 0 Å². The summed E-state index contributed by atoms with van der Waals surface area (Å²) in [5.41, 5.74) is 6.46. The smallest absolute Gasteiger partial charge is 0.233 e. The van der Waals surface area contributed by atoms with Crippen molar-refractivity contribution >= 4 is 5.91 Å². The van der Waals surface area contributed by atoms with Gasteiger partial charge in [0.05, 0.1) is 6.54 Å². The van der Waals surface area contributed by atoms with Crippen molar-refractivity contribution in [2.75, 3.05) is 6.54 Å². The van der Waals surface area contributed by atoms with E-state index in [2.05, 4.69) is 18.3 Å². The quantitative estimate of drug-likeness (QED) is 0.848. The lowest BCUT2D eigenvalue weighted by Gasteiger charge is -2.47. The van der Waals surface area contributed by atoms with Gasteiger partial charge in [-0.3, -0.25) is 4.79 Å². The van der Waals surface area contributed by atoms with E-state index in [0.717, 1.165) is 25.0 Å². The summed E-state index contributed by atoms with van der Waals surface area (Å²) >= 11 is 0. The van der Waals surface area contributed by atoms with E-state index in [1.54, 1.807) is 0 Å². The average molecular weight is 260 g/mol. The van der Waals surface area contributed by atoms with Gasteiger partial charge in [0.15, 0.2) is 0 Å². The summed E-state index contributed by atoms with van der Waals surface area (Å²) in [6.45, 7) is 2.19. The first kappa shape index (κ1) is 12.5. The second-order valence-electron chi connectivity index (χ2n) is 5.90. The minimum Gasteiger partial charge on any atom is -0.487 e. The molecule has 2 aliphatic rings. The minimum absolute atomic E-state index is 0.0509. The molecule has 4 heteroatoms. The molecule has 19 heavy (non-hydrogen) atoms. The van der Waals surface area contributed by atoms with Crippen LogP contribution in [0.5, 0.6) is 5.75 Å². The summed E-state index contributed by atoms with van der Waals surface area (Å²) in [7, 11) is 0. The zero-order valence-electron chi connectivity index (χ0n) is 11.2. The molecule has 1 amide bonds. The molecule has 3 atom stereocenters. The SMILES string of the molecule is CC12CC(NC(=O)CN)CC(C1)c1ccccc1O2. The molecule has 1 heterocycles. The first-order valence-electron chi connectivity index (χ1n) is 6.87. The Morgan fingerprint density at radius 1 is 1.47 bits per heavy atom. The van der Waals surface area contributed by atoms with Crippen molar-refractivity contribution < 1.29 is 9.53 Å². The van der Waals surface area contributed by atoms with Gasteiger partial charge < -0.3 is 15.8 Å². The molecular formula is C15H20N2O2. The molecule has 3 N–H and O–H groups in total. The minimum atomic E-state index is -0.177. The number of carbonyl (C=O) groups is 1. The van der Waals surface area contributed by atoms with E-state index in [4.69, 9.17) is 10.5 Å². The van der Waals surface area contributed by atoms with Gasteiger partial charge in [-0.15, -0.1) is 0 Å². The molecule has 0 spiro atoms. The van der Waals surface area contributed by atoms with Gasteiger partial charge in [0.2, 0.25) is 5.91 Å². The van der Waals surface area contributed by atoms with Gasteiger partial charge in [-0.05, 0) is 37.3 Å². The van der Waals surface area contributed by atoms with Gasteiger partial charge in [-0.2, -0.15) is 0 Å². The lowest BCUT2D eigenvalue weighted by Crippen LogP contribution is -2.52. The largest absolute Gasteiger partial charge is 0.487 e. The van der Waals surface area contributed by atoms with Crippen LogP contribution in [0, 0.1) is 0 Å². The Balaban J connectivity index is 1.85. The van der Waals surface area contributed by atoms with Crippen molar-refractivity contribution in [2.45, 2.75) is 43.7 Å². The van der Waals surface area contributed by atoms with E-state index in [0.29, 0.717) is 5.92 Å². The molecule has 1 aliphatic carbocycles. The summed E-state index contributed by atoms with van der Waals surface area (Å²) in [6.07, 6.45) is 2.85. The Morgan fingerprint density at radius 2 is 2.26 bits per heavy atom. The molecule has 4 nitrogen and oxygen atoms in total.